The van der Waals surface area contributed by atoms with Gasteiger partial charge in [0.05, 0.1) is 6.61 Å². The third kappa shape index (κ3) is 8.00. The predicted octanol–water partition coefficient (Wildman–Crippen LogP) is 1.25. The molecule has 0 saturated carbocycles. The first-order valence-corrected chi connectivity index (χ1v) is 9.47. The predicted molar refractivity (Wildman–Crippen MR) is 91.7 cm³/mol. The fourth-order valence-corrected chi connectivity index (χ4v) is 2.85. The van der Waals surface area contributed by atoms with E-state index in [1.165, 1.54) is 38.5 Å². The minimum atomic E-state index is -2.19. The Kier molecular flexibility index (Phi) is 10.5. The molecule has 1 saturated heterocycles. The SMILES string of the molecule is CCCCCCCCCCCC(=O)OCC1(O)OC[C@@H](O)[C@@H](O)[C@@H]1O. The Morgan fingerprint density at radius 1 is 1.04 bits per heavy atom. The van der Waals surface area contributed by atoms with Crippen LogP contribution in [0.4, 0.5) is 0 Å². The van der Waals surface area contributed by atoms with E-state index in [1.54, 1.807) is 0 Å². The van der Waals surface area contributed by atoms with Crippen LogP contribution in [0.15, 0.2) is 0 Å². The number of esters is 1. The minimum absolute atomic E-state index is 0.243. The van der Waals surface area contributed by atoms with Gasteiger partial charge in [0.2, 0.25) is 5.79 Å². The highest BCUT2D eigenvalue weighted by Crippen LogP contribution is 2.24. The van der Waals surface area contributed by atoms with E-state index in [9.17, 15) is 25.2 Å². The van der Waals surface area contributed by atoms with E-state index in [0.717, 1.165) is 19.3 Å². The van der Waals surface area contributed by atoms with Gasteiger partial charge in [0.25, 0.3) is 0 Å². The number of aliphatic hydroxyl groups excluding tert-OH is 3. The zero-order valence-corrected chi connectivity index (χ0v) is 15.2. The highest BCUT2D eigenvalue weighted by atomic mass is 16.7. The van der Waals surface area contributed by atoms with Gasteiger partial charge in [-0.2, -0.15) is 0 Å². The van der Waals surface area contributed by atoms with Crippen molar-refractivity contribution in [3.63, 3.8) is 0 Å². The second-order valence-corrected chi connectivity index (χ2v) is 6.90. The van der Waals surface area contributed by atoms with Crippen molar-refractivity contribution in [1.29, 1.82) is 0 Å². The summed E-state index contributed by atoms with van der Waals surface area (Å²) < 4.78 is 9.87. The van der Waals surface area contributed by atoms with Crippen LogP contribution in [0.1, 0.15) is 71.1 Å². The van der Waals surface area contributed by atoms with E-state index < -0.39 is 36.7 Å². The first kappa shape index (κ1) is 22.3. The largest absolute Gasteiger partial charge is 0.460 e. The molecule has 4 atom stereocenters. The maximum atomic E-state index is 11.7. The summed E-state index contributed by atoms with van der Waals surface area (Å²) in [7, 11) is 0. The lowest BCUT2D eigenvalue weighted by atomic mass is 9.97. The van der Waals surface area contributed by atoms with Gasteiger partial charge >= 0.3 is 5.97 Å². The molecule has 1 rings (SSSR count). The first-order chi connectivity index (χ1) is 11.9. The lowest BCUT2D eigenvalue weighted by Gasteiger charge is -2.40. The molecule has 1 fully saturated rings. The lowest BCUT2D eigenvalue weighted by Crippen LogP contribution is -2.63. The van der Waals surface area contributed by atoms with Gasteiger partial charge < -0.3 is 29.9 Å². The molecule has 148 valence electrons. The molecule has 0 aromatic carbocycles. The van der Waals surface area contributed by atoms with Crippen molar-refractivity contribution in [2.45, 2.75) is 95.2 Å². The van der Waals surface area contributed by atoms with E-state index in [-0.39, 0.29) is 13.0 Å². The molecular weight excluding hydrogens is 328 g/mol. The van der Waals surface area contributed by atoms with Crippen LogP contribution < -0.4 is 0 Å². The topological polar surface area (TPSA) is 116 Å². The Bertz CT molecular complexity index is 376. The standard InChI is InChI=1S/C18H34O7/c1-2-3-4-5-6-7-8-9-10-11-15(20)24-13-18(23)17(22)16(21)14(19)12-25-18/h14,16-17,19,21-23H,2-13H2,1H3/t14-,16-,17+,18?/m1/s1. The number of hydrogen-bond donors (Lipinski definition) is 4. The van der Waals surface area contributed by atoms with Crippen molar-refractivity contribution in [2.24, 2.45) is 0 Å². The van der Waals surface area contributed by atoms with Gasteiger partial charge in [0.1, 0.15) is 24.9 Å². The Labute approximate surface area is 150 Å². The number of ether oxygens (including phenoxy) is 2. The van der Waals surface area contributed by atoms with Crippen molar-refractivity contribution in [1.82, 2.24) is 0 Å². The van der Waals surface area contributed by atoms with Crippen molar-refractivity contribution < 1.29 is 34.7 Å². The molecule has 1 unspecified atom stereocenters. The molecule has 4 N–H and O–H groups in total. The molecule has 1 aliphatic rings. The van der Waals surface area contributed by atoms with E-state index in [4.69, 9.17) is 9.47 Å². The molecule has 0 spiro atoms. The fraction of sp³-hybridized carbons (Fsp3) is 0.944. The lowest BCUT2D eigenvalue weighted by molar-refractivity contribution is -0.332. The zero-order chi connectivity index (χ0) is 18.7. The summed E-state index contributed by atoms with van der Waals surface area (Å²) in [5.41, 5.74) is 0. The summed E-state index contributed by atoms with van der Waals surface area (Å²) in [5.74, 6) is -2.67. The monoisotopic (exact) mass is 362 g/mol. The molecular formula is C18H34O7. The molecule has 25 heavy (non-hydrogen) atoms. The third-order valence-electron chi connectivity index (χ3n) is 4.61. The number of aliphatic hydroxyl groups is 4. The molecule has 1 aliphatic heterocycles. The molecule has 0 aromatic rings. The van der Waals surface area contributed by atoms with Gasteiger partial charge in [-0.05, 0) is 6.42 Å². The van der Waals surface area contributed by atoms with Crippen LogP contribution in [0.2, 0.25) is 0 Å². The summed E-state index contributed by atoms with van der Waals surface area (Å²) >= 11 is 0. The van der Waals surface area contributed by atoms with Crippen LogP contribution >= 0.6 is 0 Å². The Morgan fingerprint density at radius 3 is 2.20 bits per heavy atom. The Balaban J connectivity index is 2.09. The smallest absolute Gasteiger partial charge is 0.305 e. The van der Waals surface area contributed by atoms with E-state index >= 15 is 0 Å². The number of carbonyl (C=O) groups is 1. The molecule has 0 radical (unpaired) electrons. The number of carbonyl (C=O) groups excluding carboxylic acids is 1. The second kappa shape index (κ2) is 11.8. The summed E-state index contributed by atoms with van der Waals surface area (Å²) in [6, 6.07) is 0. The summed E-state index contributed by atoms with van der Waals surface area (Å²) in [6.07, 6.45) is 5.98. The highest BCUT2D eigenvalue weighted by Gasteiger charge is 2.49. The third-order valence-corrected chi connectivity index (χ3v) is 4.61. The Morgan fingerprint density at radius 2 is 1.60 bits per heavy atom. The highest BCUT2D eigenvalue weighted by molar-refractivity contribution is 5.69. The summed E-state index contributed by atoms with van der Waals surface area (Å²) in [6.45, 7) is 1.28. The first-order valence-electron chi connectivity index (χ1n) is 9.47. The van der Waals surface area contributed by atoms with Crippen LogP contribution in [0.3, 0.4) is 0 Å². The quantitative estimate of drug-likeness (QED) is 0.305. The van der Waals surface area contributed by atoms with Crippen LogP contribution in [0.5, 0.6) is 0 Å². The van der Waals surface area contributed by atoms with E-state index in [1.807, 2.05) is 0 Å². The van der Waals surface area contributed by atoms with Crippen molar-refractivity contribution in [2.75, 3.05) is 13.2 Å². The van der Waals surface area contributed by atoms with Crippen molar-refractivity contribution >= 4 is 5.97 Å². The normalized spacial score (nSPS) is 29.6. The van der Waals surface area contributed by atoms with Crippen LogP contribution in [-0.2, 0) is 14.3 Å². The second-order valence-electron chi connectivity index (χ2n) is 6.90. The van der Waals surface area contributed by atoms with Crippen LogP contribution in [0.25, 0.3) is 0 Å². The average Bonchev–Trinajstić information content (AvgIpc) is 2.60. The molecule has 7 heteroatoms. The Hall–Kier alpha value is -0.730. The molecule has 0 bridgehead atoms. The molecule has 0 aromatic heterocycles. The van der Waals surface area contributed by atoms with E-state index in [2.05, 4.69) is 6.92 Å². The summed E-state index contributed by atoms with van der Waals surface area (Å²) in [4.78, 5) is 11.7. The van der Waals surface area contributed by atoms with Gasteiger partial charge in [0.15, 0.2) is 0 Å². The van der Waals surface area contributed by atoms with Crippen LogP contribution in [0, 0.1) is 0 Å². The molecule has 1 heterocycles. The van der Waals surface area contributed by atoms with Crippen molar-refractivity contribution in [3.8, 4) is 0 Å². The molecule has 7 nitrogen and oxygen atoms in total. The number of hydrogen-bond acceptors (Lipinski definition) is 7. The number of rotatable bonds is 12. The van der Waals surface area contributed by atoms with Gasteiger partial charge in [-0.3, -0.25) is 4.79 Å². The fourth-order valence-electron chi connectivity index (χ4n) is 2.85. The van der Waals surface area contributed by atoms with Crippen molar-refractivity contribution in [3.05, 3.63) is 0 Å². The van der Waals surface area contributed by atoms with Gasteiger partial charge in [-0.25, -0.2) is 0 Å². The summed E-state index contributed by atoms with van der Waals surface area (Å²) in [5, 5.41) is 38.8. The van der Waals surface area contributed by atoms with E-state index in [0.29, 0.717) is 0 Å². The average molecular weight is 362 g/mol. The van der Waals surface area contributed by atoms with Gasteiger partial charge in [0, 0.05) is 6.42 Å². The van der Waals surface area contributed by atoms with Crippen LogP contribution in [-0.4, -0.2) is 63.7 Å². The molecule has 0 amide bonds. The maximum absolute atomic E-state index is 11.7. The van der Waals surface area contributed by atoms with Gasteiger partial charge in [-0.15, -0.1) is 0 Å². The minimum Gasteiger partial charge on any atom is -0.460 e. The maximum Gasteiger partial charge on any atom is 0.305 e. The molecule has 0 aliphatic carbocycles. The van der Waals surface area contributed by atoms with Gasteiger partial charge in [-0.1, -0.05) is 58.3 Å². The number of unbranched alkanes of at least 4 members (excludes halogenated alkanes) is 8. The zero-order valence-electron chi connectivity index (χ0n) is 15.2.